The first-order valence-electron chi connectivity index (χ1n) is 13.1. The summed E-state index contributed by atoms with van der Waals surface area (Å²) in [6.45, 7) is 1.14. The monoisotopic (exact) mass is 472 g/mol. The van der Waals surface area contributed by atoms with Crippen molar-refractivity contribution in [1.29, 1.82) is 0 Å². The summed E-state index contributed by atoms with van der Waals surface area (Å²) >= 11 is 0. The van der Waals surface area contributed by atoms with Crippen molar-refractivity contribution in [3.05, 3.63) is 77.9 Å². The summed E-state index contributed by atoms with van der Waals surface area (Å²) in [5.74, 6) is 0.608. The van der Waals surface area contributed by atoms with Gasteiger partial charge in [0.15, 0.2) is 0 Å². The Balaban J connectivity index is 1.22. The van der Waals surface area contributed by atoms with Crippen LogP contribution >= 0.6 is 0 Å². The van der Waals surface area contributed by atoms with E-state index in [1.54, 1.807) is 6.07 Å². The summed E-state index contributed by atoms with van der Waals surface area (Å²) < 4.78 is 20.2. The van der Waals surface area contributed by atoms with Crippen LogP contribution in [0.1, 0.15) is 49.7 Å². The number of fused-ring (bicyclic) bond motifs is 3. The molecule has 1 amide bonds. The minimum atomic E-state index is -0.559. The number of pyridine rings is 1. The van der Waals surface area contributed by atoms with Crippen molar-refractivity contribution in [3.8, 4) is 0 Å². The van der Waals surface area contributed by atoms with E-state index in [1.165, 1.54) is 22.4 Å². The van der Waals surface area contributed by atoms with Gasteiger partial charge in [-0.3, -0.25) is 9.78 Å². The van der Waals surface area contributed by atoms with Crippen molar-refractivity contribution in [3.63, 3.8) is 0 Å². The molecule has 5 heteroatoms. The van der Waals surface area contributed by atoms with Crippen LogP contribution in [-0.2, 0) is 22.4 Å². The van der Waals surface area contributed by atoms with Gasteiger partial charge in [-0.15, -0.1) is 0 Å². The van der Waals surface area contributed by atoms with Crippen LogP contribution in [0.3, 0.4) is 0 Å². The molecule has 3 fully saturated rings. The highest BCUT2D eigenvalue weighted by molar-refractivity contribution is 5.85. The molecule has 3 aliphatic rings. The van der Waals surface area contributed by atoms with Crippen LogP contribution in [0.15, 0.2) is 60.9 Å². The SMILES string of the molecule is O=C(N1C2CCC1CC(Cc1cccc3cnccc13)C2)C1(Cc2ccccc2F)CCOCC1. The molecular formula is C30H33FN2O2. The third-order valence-corrected chi connectivity index (χ3v) is 8.74. The van der Waals surface area contributed by atoms with Gasteiger partial charge < -0.3 is 9.64 Å². The second kappa shape index (κ2) is 9.34. The molecule has 0 radical (unpaired) electrons. The number of nitrogens with zero attached hydrogens (tertiary/aromatic N) is 2. The van der Waals surface area contributed by atoms with Gasteiger partial charge >= 0.3 is 0 Å². The number of ether oxygens (including phenoxy) is 1. The topological polar surface area (TPSA) is 42.4 Å². The maximum absolute atomic E-state index is 14.6. The number of benzene rings is 2. The quantitative estimate of drug-likeness (QED) is 0.477. The first-order chi connectivity index (χ1) is 17.1. The van der Waals surface area contributed by atoms with E-state index in [4.69, 9.17) is 4.74 Å². The van der Waals surface area contributed by atoms with E-state index in [2.05, 4.69) is 34.1 Å². The molecule has 0 spiro atoms. The predicted molar refractivity (Wildman–Crippen MR) is 134 cm³/mol. The first-order valence-corrected chi connectivity index (χ1v) is 13.1. The van der Waals surface area contributed by atoms with Crippen LogP contribution in [0.2, 0.25) is 0 Å². The van der Waals surface area contributed by atoms with Crippen molar-refractivity contribution in [2.75, 3.05) is 13.2 Å². The Morgan fingerprint density at radius 3 is 2.51 bits per heavy atom. The molecule has 2 unspecified atom stereocenters. The number of amides is 1. The summed E-state index contributed by atoms with van der Waals surface area (Å²) in [4.78, 5) is 20.7. The van der Waals surface area contributed by atoms with Gasteiger partial charge in [0.1, 0.15) is 5.82 Å². The molecule has 3 aromatic rings. The van der Waals surface area contributed by atoms with Gasteiger partial charge in [0.05, 0.1) is 5.41 Å². The fraction of sp³-hybridized carbons (Fsp3) is 0.467. The van der Waals surface area contributed by atoms with Crippen molar-refractivity contribution >= 4 is 16.7 Å². The van der Waals surface area contributed by atoms with E-state index in [1.807, 2.05) is 24.5 Å². The van der Waals surface area contributed by atoms with E-state index in [-0.39, 0.29) is 11.7 Å². The Bertz CT molecular complexity index is 1200. The molecule has 2 bridgehead atoms. The average molecular weight is 473 g/mol. The van der Waals surface area contributed by atoms with Gasteiger partial charge in [-0.1, -0.05) is 36.4 Å². The zero-order valence-corrected chi connectivity index (χ0v) is 20.2. The van der Waals surface area contributed by atoms with Crippen LogP contribution in [0.25, 0.3) is 10.8 Å². The zero-order valence-electron chi connectivity index (χ0n) is 20.2. The molecule has 4 nitrogen and oxygen atoms in total. The molecule has 0 aliphatic carbocycles. The highest BCUT2D eigenvalue weighted by Gasteiger charge is 2.50. The van der Waals surface area contributed by atoms with E-state index in [9.17, 15) is 9.18 Å². The van der Waals surface area contributed by atoms with Crippen molar-refractivity contribution in [2.24, 2.45) is 11.3 Å². The maximum Gasteiger partial charge on any atom is 0.229 e. The highest BCUT2D eigenvalue weighted by Crippen LogP contribution is 2.45. The van der Waals surface area contributed by atoms with E-state index in [0.29, 0.717) is 56.0 Å². The van der Waals surface area contributed by atoms with Crippen LogP contribution in [0, 0.1) is 17.2 Å². The van der Waals surface area contributed by atoms with E-state index >= 15 is 0 Å². The van der Waals surface area contributed by atoms with Gasteiger partial charge in [-0.05, 0) is 85.9 Å². The van der Waals surface area contributed by atoms with Crippen LogP contribution in [-0.4, -0.2) is 41.1 Å². The number of aromatic nitrogens is 1. The molecule has 3 aliphatic heterocycles. The number of carbonyl (C=O) groups is 1. The molecular weight excluding hydrogens is 439 g/mol. The molecule has 182 valence electrons. The smallest absolute Gasteiger partial charge is 0.229 e. The molecule has 3 saturated heterocycles. The summed E-state index contributed by atoms with van der Waals surface area (Å²) in [6, 6.07) is 16.1. The lowest BCUT2D eigenvalue weighted by Gasteiger charge is -2.46. The van der Waals surface area contributed by atoms with E-state index in [0.717, 1.165) is 32.1 Å². The molecule has 2 aromatic carbocycles. The normalized spacial score (nSPS) is 25.6. The third kappa shape index (κ3) is 4.24. The van der Waals surface area contributed by atoms with Gasteiger partial charge in [0, 0.05) is 43.1 Å². The second-order valence-corrected chi connectivity index (χ2v) is 10.8. The van der Waals surface area contributed by atoms with Gasteiger partial charge in [0.25, 0.3) is 0 Å². The molecule has 6 rings (SSSR count). The standard InChI is InChI=1S/C30H33FN2O2/c31-28-7-2-1-4-23(28)19-30(11-14-35-15-12-30)29(34)33-25-8-9-26(33)18-21(17-25)16-22-5-3-6-24-20-32-13-10-27(22)24/h1-7,10,13,20-21,25-26H,8-9,11-12,14-19H2. The Labute approximate surface area is 206 Å². The molecule has 0 saturated carbocycles. The molecule has 0 N–H and O–H groups in total. The third-order valence-electron chi connectivity index (χ3n) is 8.74. The Morgan fingerprint density at radius 2 is 1.74 bits per heavy atom. The predicted octanol–water partition coefficient (Wildman–Crippen LogP) is 5.73. The number of hydrogen-bond donors (Lipinski definition) is 0. The number of piperidine rings is 1. The lowest BCUT2D eigenvalue weighted by Crippen LogP contribution is -2.55. The van der Waals surface area contributed by atoms with Gasteiger partial charge in [-0.2, -0.15) is 0 Å². The molecule has 1 aromatic heterocycles. The van der Waals surface area contributed by atoms with Gasteiger partial charge in [-0.25, -0.2) is 4.39 Å². The van der Waals surface area contributed by atoms with Crippen molar-refractivity contribution < 1.29 is 13.9 Å². The van der Waals surface area contributed by atoms with Crippen molar-refractivity contribution in [2.45, 2.75) is 63.5 Å². The molecule has 4 heterocycles. The van der Waals surface area contributed by atoms with Crippen LogP contribution in [0.4, 0.5) is 4.39 Å². The zero-order chi connectivity index (χ0) is 23.8. The summed E-state index contributed by atoms with van der Waals surface area (Å²) in [5.41, 5.74) is 1.47. The molecule has 2 atom stereocenters. The van der Waals surface area contributed by atoms with E-state index < -0.39 is 5.41 Å². The fourth-order valence-electron chi connectivity index (χ4n) is 6.98. The lowest BCUT2D eigenvalue weighted by atomic mass is 9.72. The second-order valence-electron chi connectivity index (χ2n) is 10.8. The lowest BCUT2D eigenvalue weighted by molar-refractivity contribution is -0.153. The Kier molecular flexibility index (Phi) is 6.05. The van der Waals surface area contributed by atoms with Gasteiger partial charge in [0.2, 0.25) is 5.91 Å². The minimum Gasteiger partial charge on any atom is -0.381 e. The molecule has 35 heavy (non-hydrogen) atoms. The number of halogens is 1. The average Bonchev–Trinajstić information content (AvgIpc) is 3.15. The minimum absolute atomic E-state index is 0.210. The number of carbonyl (C=O) groups excluding carboxylic acids is 1. The summed E-state index contributed by atoms with van der Waals surface area (Å²) in [6.07, 6.45) is 10.9. The summed E-state index contributed by atoms with van der Waals surface area (Å²) in [5, 5.41) is 2.48. The fourth-order valence-corrected chi connectivity index (χ4v) is 6.98. The van der Waals surface area contributed by atoms with Crippen molar-refractivity contribution in [1.82, 2.24) is 9.88 Å². The Hall–Kier alpha value is -2.79. The summed E-state index contributed by atoms with van der Waals surface area (Å²) in [7, 11) is 0. The van der Waals surface area contributed by atoms with Crippen LogP contribution < -0.4 is 0 Å². The first kappa shape index (κ1) is 22.7. The Morgan fingerprint density at radius 1 is 1.00 bits per heavy atom. The number of hydrogen-bond acceptors (Lipinski definition) is 3. The van der Waals surface area contributed by atoms with Crippen LogP contribution in [0.5, 0.6) is 0 Å². The largest absolute Gasteiger partial charge is 0.381 e. The highest BCUT2D eigenvalue weighted by atomic mass is 19.1. The maximum atomic E-state index is 14.6. The number of rotatable bonds is 5.